The Bertz CT molecular complexity index is 458. The molecule has 0 saturated carbocycles. The van der Waals surface area contributed by atoms with Gasteiger partial charge in [0.25, 0.3) is 0 Å². The second kappa shape index (κ2) is 7.11. The minimum absolute atomic E-state index is 0. The molecule has 0 amide bonds. The van der Waals surface area contributed by atoms with Gasteiger partial charge in [0.15, 0.2) is 0 Å². The zero-order chi connectivity index (χ0) is 12.5. The molecule has 0 heterocycles. The molecule has 0 radical (unpaired) electrons. The average Bonchev–Trinajstić information content (AvgIpc) is 2.50. The van der Waals surface area contributed by atoms with E-state index in [1.54, 1.807) is 7.63 Å². The van der Waals surface area contributed by atoms with Crippen molar-refractivity contribution in [2.24, 2.45) is 0 Å². The van der Waals surface area contributed by atoms with Gasteiger partial charge < -0.3 is 0 Å². The summed E-state index contributed by atoms with van der Waals surface area (Å²) < 4.78 is 20.8. The summed E-state index contributed by atoms with van der Waals surface area (Å²) in [7, 11) is 0.274. The standard InChI is InChI=1S/C5H13OSi.C5H5.CH3.2ClH.O.H2Si.Ti/c1-5-6-7(2,3)4;1-2-4-5-3-1;;;;;;/h1,5H2,2-4H3;1-3H,4H2;1H3;2*1H;;1H2;. The summed E-state index contributed by atoms with van der Waals surface area (Å²) in [5, 5.41) is 1.99. The van der Waals surface area contributed by atoms with E-state index >= 15 is 0 Å². The molecular weight excluding hydrogens is 339 g/mol. The molecule has 0 N–H and O–H groups in total. The quantitative estimate of drug-likeness (QED) is 0.697. The monoisotopic (exact) mass is 363 g/mol. The molecule has 2 nitrogen and oxygen atoms in total. The molecular formula is C11H25Cl2O2Si2Ti. The predicted molar refractivity (Wildman–Crippen MR) is 85.5 cm³/mol. The SMILES string of the molecule is C[Si](C)(C)OC[CH2][Ti]([CH3])(=[O])(=[SiH2])[C]1=CC=CC1.Cl.Cl. The Morgan fingerprint density at radius 1 is 1.39 bits per heavy atom. The molecule has 0 aromatic heterocycles. The number of rotatable bonds is 5. The van der Waals surface area contributed by atoms with Gasteiger partial charge in [0.1, 0.15) is 0 Å². The Morgan fingerprint density at radius 3 is 2.33 bits per heavy atom. The molecule has 1 aliphatic rings. The van der Waals surface area contributed by atoms with E-state index in [4.69, 9.17) is 4.43 Å². The van der Waals surface area contributed by atoms with Crippen molar-refractivity contribution in [3.05, 3.63) is 22.1 Å². The molecule has 107 valence electrons. The number of allylic oxidation sites excluding steroid dienone is 4. The summed E-state index contributed by atoms with van der Waals surface area (Å²) in [5.41, 5.74) is 0. The molecule has 0 saturated heterocycles. The summed E-state index contributed by atoms with van der Waals surface area (Å²) in [6, 6.07) is 0. The van der Waals surface area contributed by atoms with Gasteiger partial charge in [-0.05, 0) is 0 Å². The van der Waals surface area contributed by atoms with Gasteiger partial charge in [-0.1, -0.05) is 0 Å². The van der Waals surface area contributed by atoms with Crippen molar-refractivity contribution in [3.63, 3.8) is 0 Å². The van der Waals surface area contributed by atoms with Crippen molar-refractivity contribution in [1.29, 1.82) is 0 Å². The van der Waals surface area contributed by atoms with Gasteiger partial charge in [-0.25, -0.2) is 0 Å². The van der Waals surface area contributed by atoms with Crippen LogP contribution in [0.25, 0.3) is 0 Å². The number of hydrogen-bond donors (Lipinski definition) is 0. The van der Waals surface area contributed by atoms with Crippen LogP contribution in [-0.4, -0.2) is 22.6 Å². The van der Waals surface area contributed by atoms with Gasteiger partial charge >= 0.3 is 102 Å². The van der Waals surface area contributed by atoms with Crippen molar-refractivity contribution in [2.75, 3.05) is 6.61 Å². The molecule has 1 aliphatic carbocycles. The Hall–Kier alpha value is 0.968. The van der Waals surface area contributed by atoms with Crippen molar-refractivity contribution in [1.82, 2.24) is 0 Å². The molecule has 0 aliphatic heterocycles. The van der Waals surface area contributed by atoms with Gasteiger partial charge in [0.05, 0.1) is 0 Å². The third-order valence-corrected chi connectivity index (χ3v) is 13.1. The van der Waals surface area contributed by atoms with Crippen LogP contribution in [-0.2, 0) is 21.8 Å². The van der Waals surface area contributed by atoms with Crippen molar-refractivity contribution in [3.8, 4) is 0 Å². The summed E-state index contributed by atoms with van der Waals surface area (Å²) in [6.07, 6.45) is 7.04. The van der Waals surface area contributed by atoms with Crippen LogP contribution in [0.5, 0.6) is 0 Å². The molecule has 1 rings (SSSR count). The minimum atomic E-state index is -3.57. The normalized spacial score (nSPS) is 15.7. The van der Waals surface area contributed by atoms with Crippen molar-refractivity contribution < 1.29 is 21.8 Å². The van der Waals surface area contributed by atoms with Gasteiger partial charge in [-0.3, -0.25) is 0 Å². The minimum Gasteiger partial charge on any atom is -0.147 e. The van der Waals surface area contributed by atoms with E-state index in [1.165, 1.54) is 3.88 Å². The van der Waals surface area contributed by atoms with Crippen molar-refractivity contribution >= 4 is 40.8 Å². The first kappa shape index (κ1) is 21.3. The molecule has 7 heteroatoms. The van der Waals surface area contributed by atoms with E-state index in [1.807, 2.05) is 17.4 Å². The van der Waals surface area contributed by atoms with Crippen LogP contribution in [0, 0.1) is 0 Å². The first-order chi connectivity index (χ1) is 7.09. The largest absolute Gasteiger partial charge is 0.147 e. The van der Waals surface area contributed by atoms with Gasteiger partial charge in [0.2, 0.25) is 0 Å². The Morgan fingerprint density at radius 2 is 1.94 bits per heavy atom. The fraction of sp³-hybridized carbons (Fsp3) is 0.636. The van der Waals surface area contributed by atoms with Crippen molar-refractivity contribution in [2.45, 2.75) is 36.0 Å². The molecule has 0 fully saturated rings. The van der Waals surface area contributed by atoms with Crippen LogP contribution < -0.4 is 0 Å². The third kappa shape index (κ3) is 6.94. The van der Waals surface area contributed by atoms with Crippen LogP contribution in [0.1, 0.15) is 6.42 Å². The molecule has 18 heavy (non-hydrogen) atoms. The van der Waals surface area contributed by atoms with Crippen LogP contribution in [0.15, 0.2) is 22.1 Å². The number of hydrogen-bond acceptors (Lipinski definition) is 2. The fourth-order valence-electron chi connectivity index (χ4n) is 1.76. The van der Waals surface area contributed by atoms with E-state index in [2.05, 4.69) is 25.7 Å². The second-order valence-electron chi connectivity index (χ2n) is 6.19. The van der Waals surface area contributed by atoms with E-state index in [9.17, 15) is 3.32 Å². The summed E-state index contributed by atoms with van der Waals surface area (Å²) in [6.45, 7) is 7.17. The van der Waals surface area contributed by atoms with Crippen LogP contribution in [0.2, 0.25) is 29.6 Å². The van der Waals surface area contributed by atoms with E-state index in [-0.39, 0.29) is 24.8 Å². The van der Waals surface area contributed by atoms with E-state index in [0.717, 1.165) is 11.1 Å². The summed E-state index contributed by atoms with van der Waals surface area (Å²) in [4.78, 5) is 0. The molecule has 0 aromatic carbocycles. The molecule has 0 spiro atoms. The molecule has 0 unspecified atom stereocenters. The summed E-state index contributed by atoms with van der Waals surface area (Å²) >= 11 is -3.57. The Balaban J connectivity index is 0. The molecule has 0 aromatic rings. The van der Waals surface area contributed by atoms with Gasteiger partial charge in [-0.2, -0.15) is 0 Å². The maximum Gasteiger partial charge on any atom is -0.147 e. The first-order valence-corrected chi connectivity index (χ1v) is 17.4. The van der Waals surface area contributed by atoms with Crippen LogP contribution in [0.3, 0.4) is 0 Å². The topological polar surface area (TPSA) is 26.3 Å². The van der Waals surface area contributed by atoms with Crippen LogP contribution >= 0.6 is 24.8 Å². The number of halogens is 2. The van der Waals surface area contributed by atoms with Crippen LogP contribution in [0.4, 0.5) is 0 Å². The van der Waals surface area contributed by atoms with E-state index in [0.29, 0.717) is 6.61 Å². The maximum absolute atomic E-state index is 13.0. The zero-order valence-corrected chi connectivity index (χ0v) is 17.3. The first-order valence-electron chi connectivity index (χ1n) is 5.87. The maximum atomic E-state index is 13.0. The van der Waals surface area contributed by atoms with Gasteiger partial charge in [-0.15, -0.1) is 24.8 Å². The third-order valence-electron chi connectivity index (χ3n) is 2.97. The van der Waals surface area contributed by atoms with E-state index < -0.39 is 22.3 Å². The Labute approximate surface area is 126 Å². The average molecular weight is 364 g/mol. The Kier molecular flexibility index (Phi) is 8.41. The predicted octanol–water partition coefficient (Wildman–Crippen LogP) is 3.57. The zero-order valence-electron chi connectivity index (χ0n) is 11.7. The molecule has 0 atom stereocenters. The molecule has 0 bridgehead atoms. The fourth-order valence-corrected chi connectivity index (χ4v) is 7.93. The van der Waals surface area contributed by atoms with Gasteiger partial charge in [0, 0.05) is 0 Å². The second-order valence-corrected chi connectivity index (χ2v) is 26.8. The smallest absolute Gasteiger partial charge is 0.147 e. The summed E-state index contributed by atoms with van der Waals surface area (Å²) in [5.74, 6) is 0.